The van der Waals surface area contributed by atoms with Crippen LogP contribution in [0.3, 0.4) is 0 Å². The van der Waals surface area contributed by atoms with Gasteiger partial charge in [0.2, 0.25) is 0 Å². The molecule has 6 nitrogen and oxygen atoms in total. The number of para-hydroxylation sites is 1. The van der Waals surface area contributed by atoms with Gasteiger partial charge in [-0.1, -0.05) is 103 Å². The molecule has 0 radical (unpaired) electrons. The van der Waals surface area contributed by atoms with Gasteiger partial charge >= 0.3 is 0 Å². The second-order valence-electron chi connectivity index (χ2n) is 9.60. The van der Waals surface area contributed by atoms with E-state index >= 15 is 0 Å². The number of hydrogen-bond acceptors (Lipinski definition) is 5. The maximum Gasteiger partial charge on any atom is 0.272 e. The van der Waals surface area contributed by atoms with Gasteiger partial charge in [-0.15, -0.1) is 0 Å². The van der Waals surface area contributed by atoms with Crippen LogP contribution in [0, 0.1) is 0 Å². The Balaban J connectivity index is 1.21. The summed E-state index contributed by atoms with van der Waals surface area (Å²) in [6.07, 6.45) is 1.52. The van der Waals surface area contributed by atoms with Gasteiger partial charge in [0.15, 0.2) is 11.5 Å². The summed E-state index contributed by atoms with van der Waals surface area (Å²) in [5.41, 5.74) is 7.15. The standard InChI is InChI=1S/C35H26ClN3O3/c1-41-33-19-23(18-30(36)34(33)42-22-26-14-9-13-24-10-5-6-15-27(24)26)21-37-39-35(40)29-20-32(25-11-3-2-4-12-25)38-31-17-8-7-16-28(29)31/h2-21H,22H2,1H3,(H,39,40)/b37-21+. The molecule has 6 rings (SSSR count). The normalized spacial score (nSPS) is 11.2. The molecule has 0 fully saturated rings. The predicted octanol–water partition coefficient (Wildman–Crippen LogP) is 8.06. The molecular weight excluding hydrogens is 546 g/mol. The fraction of sp³-hybridized carbons (Fsp3) is 0.0571. The molecular formula is C35H26ClN3O3. The van der Waals surface area contributed by atoms with Gasteiger partial charge in [-0.05, 0) is 46.2 Å². The fourth-order valence-electron chi connectivity index (χ4n) is 4.87. The molecule has 6 aromatic rings. The van der Waals surface area contributed by atoms with Crippen LogP contribution in [0.4, 0.5) is 0 Å². The van der Waals surface area contributed by atoms with Crippen molar-refractivity contribution in [1.82, 2.24) is 10.4 Å². The van der Waals surface area contributed by atoms with Crippen molar-refractivity contribution in [1.29, 1.82) is 0 Å². The van der Waals surface area contributed by atoms with Gasteiger partial charge in [0.1, 0.15) is 6.61 Å². The van der Waals surface area contributed by atoms with E-state index < -0.39 is 0 Å². The summed E-state index contributed by atoms with van der Waals surface area (Å²) in [5.74, 6) is 0.545. The Labute approximate surface area is 248 Å². The first kappa shape index (κ1) is 27.0. The number of hydrogen-bond donors (Lipinski definition) is 1. The van der Waals surface area contributed by atoms with Crippen LogP contribution in [0.25, 0.3) is 32.9 Å². The first-order valence-electron chi connectivity index (χ1n) is 13.4. The van der Waals surface area contributed by atoms with Crippen LogP contribution in [0.2, 0.25) is 5.02 Å². The Kier molecular flexibility index (Phi) is 7.79. The fourth-order valence-corrected chi connectivity index (χ4v) is 5.14. The van der Waals surface area contributed by atoms with E-state index in [9.17, 15) is 4.79 Å². The smallest absolute Gasteiger partial charge is 0.272 e. The predicted molar refractivity (Wildman–Crippen MR) is 169 cm³/mol. The molecule has 5 aromatic carbocycles. The van der Waals surface area contributed by atoms with Crippen LogP contribution in [0.5, 0.6) is 11.5 Å². The monoisotopic (exact) mass is 571 g/mol. The number of carbonyl (C=O) groups is 1. The van der Waals surface area contributed by atoms with Gasteiger partial charge in [0.25, 0.3) is 5.91 Å². The van der Waals surface area contributed by atoms with E-state index in [-0.39, 0.29) is 5.91 Å². The van der Waals surface area contributed by atoms with Crippen molar-refractivity contribution in [3.8, 4) is 22.8 Å². The average molecular weight is 572 g/mol. The zero-order valence-corrected chi connectivity index (χ0v) is 23.5. The van der Waals surface area contributed by atoms with E-state index in [1.54, 1.807) is 25.3 Å². The number of fused-ring (bicyclic) bond motifs is 2. The third-order valence-corrected chi connectivity index (χ3v) is 7.19. The minimum Gasteiger partial charge on any atom is -0.493 e. The molecule has 7 heteroatoms. The van der Waals surface area contributed by atoms with E-state index in [0.29, 0.717) is 39.9 Å². The highest BCUT2D eigenvalue weighted by Gasteiger charge is 2.15. The molecule has 0 saturated carbocycles. The highest BCUT2D eigenvalue weighted by Crippen LogP contribution is 2.37. The number of nitrogens with zero attached hydrogens (tertiary/aromatic N) is 2. The van der Waals surface area contributed by atoms with Gasteiger partial charge in [-0.3, -0.25) is 4.79 Å². The Hall–Kier alpha value is -5.20. The van der Waals surface area contributed by atoms with Crippen molar-refractivity contribution in [2.75, 3.05) is 7.11 Å². The Morgan fingerprint density at radius 2 is 1.62 bits per heavy atom. The van der Waals surface area contributed by atoms with Crippen molar-refractivity contribution in [2.24, 2.45) is 5.10 Å². The summed E-state index contributed by atoms with van der Waals surface area (Å²) in [6.45, 7) is 0.325. The zero-order valence-electron chi connectivity index (χ0n) is 22.8. The summed E-state index contributed by atoms with van der Waals surface area (Å²) in [5, 5.41) is 7.57. The van der Waals surface area contributed by atoms with Gasteiger partial charge in [0.05, 0.1) is 35.1 Å². The Morgan fingerprint density at radius 1 is 0.881 bits per heavy atom. The van der Waals surface area contributed by atoms with Gasteiger partial charge in [0, 0.05) is 10.9 Å². The van der Waals surface area contributed by atoms with Gasteiger partial charge in [-0.2, -0.15) is 5.10 Å². The van der Waals surface area contributed by atoms with E-state index in [4.69, 9.17) is 26.1 Å². The number of pyridine rings is 1. The number of benzene rings is 5. The van der Waals surface area contributed by atoms with Gasteiger partial charge in [-0.25, -0.2) is 10.4 Å². The molecule has 42 heavy (non-hydrogen) atoms. The lowest BCUT2D eigenvalue weighted by molar-refractivity contribution is 0.0956. The summed E-state index contributed by atoms with van der Waals surface area (Å²) in [7, 11) is 1.55. The highest BCUT2D eigenvalue weighted by atomic mass is 35.5. The third-order valence-electron chi connectivity index (χ3n) is 6.91. The summed E-state index contributed by atoms with van der Waals surface area (Å²) >= 11 is 6.62. The van der Waals surface area contributed by atoms with E-state index in [1.807, 2.05) is 78.9 Å². The van der Waals surface area contributed by atoms with Crippen LogP contribution in [0.1, 0.15) is 21.5 Å². The number of aromatic nitrogens is 1. The Bertz CT molecular complexity index is 1930. The van der Waals surface area contributed by atoms with Crippen LogP contribution in [-0.2, 0) is 6.61 Å². The largest absolute Gasteiger partial charge is 0.493 e. The first-order chi connectivity index (χ1) is 20.6. The summed E-state index contributed by atoms with van der Waals surface area (Å²) in [6, 6.07) is 36.8. The zero-order chi connectivity index (χ0) is 28.9. The van der Waals surface area contributed by atoms with Gasteiger partial charge < -0.3 is 9.47 Å². The lowest BCUT2D eigenvalue weighted by Crippen LogP contribution is -2.18. The number of hydrazone groups is 1. The molecule has 0 unspecified atom stereocenters. The topological polar surface area (TPSA) is 72.8 Å². The number of rotatable bonds is 8. The maximum atomic E-state index is 13.3. The van der Waals surface area contributed by atoms with Crippen molar-refractivity contribution < 1.29 is 14.3 Å². The third kappa shape index (κ3) is 5.66. The molecule has 0 aliphatic heterocycles. The van der Waals surface area contributed by atoms with E-state index in [2.05, 4.69) is 28.7 Å². The number of nitrogens with one attached hydrogen (secondary N) is 1. The van der Waals surface area contributed by atoms with E-state index in [1.165, 1.54) is 6.21 Å². The minimum absolute atomic E-state index is 0.325. The van der Waals surface area contributed by atoms with E-state index in [0.717, 1.165) is 32.8 Å². The summed E-state index contributed by atoms with van der Waals surface area (Å²) < 4.78 is 11.7. The second-order valence-corrected chi connectivity index (χ2v) is 10.0. The van der Waals surface area contributed by atoms with Crippen LogP contribution in [-0.4, -0.2) is 24.2 Å². The number of amides is 1. The number of ether oxygens (including phenoxy) is 2. The molecule has 1 amide bonds. The first-order valence-corrected chi connectivity index (χ1v) is 13.7. The molecule has 0 saturated heterocycles. The molecule has 0 spiro atoms. The lowest BCUT2D eigenvalue weighted by Gasteiger charge is -2.14. The molecule has 1 N–H and O–H groups in total. The lowest BCUT2D eigenvalue weighted by atomic mass is 10.0. The quantitative estimate of drug-likeness (QED) is 0.148. The molecule has 1 aromatic heterocycles. The molecule has 0 aliphatic rings. The number of halogens is 1. The van der Waals surface area contributed by atoms with Crippen LogP contribution in [0.15, 0.2) is 120 Å². The average Bonchev–Trinajstić information content (AvgIpc) is 3.03. The SMILES string of the molecule is COc1cc(/C=N/NC(=O)c2cc(-c3ccccc3)nc3ccccc23)cc(Cl)c1OCc1cccc2ccccc12. The summed E-state index contributed by atoms with van der Waals surface area (Å²) in [4.78, 5) is 18.0. The van der Waals surface area contributed by atoms with Crippen LogP contribution >= 0.6 is 11.6 Å². The second kappa shape index (κ2) is 12.1. The van der Waals surface area contributed by atoms with Crippen molar-refractivity contribution in [3.63, 3.8) is 0 Å². The van der Waals surface area contributed by atoms with Crippen LogP contribution < -0.4 is 14.9 Å². The maximum absolute atomic E-state index is 13.3. The van der Waals surface area contributed by atoms with Crippen molar-refractivity contribution >= 4 is 45.4 Å². The molecule has 0 atom stereocenters. The van der Waals surface area contributed by atoms with Crippen molar-refractivity contribution in [3.05, 3.63) is 137 Å². The number of methoxy groups -OCH3 is 1. The molecule has 0 bridgehead atoms. The highest BCUT2D eigenvalue weighted by molar-refractivity contribution is 6.32. The minimum atomic E-state index is -0.352. The van der Waals surface area contributed by atoms with Crippen molar-refractivity contribution in [2.45, 2.75) is 6.61 Å². The molecule has 0 aliphatic carbocycles. The Morgan fingerprint density at radius 3 is 2.45 bits per heavy atom. The number of carbonyl (C=O) groups excluding carboxylic acids is 1. The molecule has 206 valence electrons. The molecule has 1 heterocycles.